The normalized spacial score (nSPS) is 25.2. The smallest absolute Gasteiger partial charge is 0.319 e. The highest BCUT2D eigenvalue weighted by atomic mass is 16.2. The van der Waals surface area contributed by atoms with Gasteiger partial charge in [-0.25, -0.2) is 9.78 Å². The predicted octanol–water partition coefficient (Wildman–Crippen LogP) is -0.442. The summed E-state index contributed by atoms with van der Waals surface area (Å²) in [7, 11) is 0. The Morgan fingerprint density at radius 3 is 2.77 bits per heavy atom. The molecule has 3 N–H and O–H groups in total. The molecular formula is C13H19N7O2. The van der Waals surface area contributed by atoms with Gasteiger partial charge in [-0.15, -0.1) is 10.2 Å². The number of carbonyl (C=O) groups is 2. The number of aromatic nitrogens is 3. The molecule has 1 aromatic heterocycles. The first kappa shape index (κ1) is 14.5. The van der Waals surface area contributed by atoms with Crippen molar-refractivity contribution in [3.05, 3.63) is 11.9 Å². The Balaban J connectivity index is 1.88. The second kappa shape index (κ2) is 5.74. The van der Waals surface area contributed by atoms with E-state index in [4.69, 9.17) is 5.73 Å². The molecule has 118 valence electrons. The fourth-order valence-corrected chi connectivity index (χ4v) is 3.12. The van der Waals surface area contributed by atoms with Crippen LogP contribution in [0, 0.1) is 5.92 Å². The maximum Gasteiger partial charge on any atom is 0.319 e. The molecule has 3 rings (SSSR count). The molecule has 0 spiro atoms. The molecular weight excluding hydrogens is 286 g/mol. The second-order valence-electron chi connectivity index (χ2n) is 5.66. The van der Waals surface area contributed by atoms with Gasteiger partial charge in [-0.05, 0) is 18.8 Å². The standard InChI is InChI=1S/C13H19N7O2/c1-8-3-2-5-19(11(8)20-6-4-15-13(20)22)12-16-7-9(10(14)21)17-18-12/h7-8,11H,2-6H2,1H3,(H2,14,21)(H,15,22)/t8?,11-/m1/s1. The molecule has 2 aliphatic heterocycles. The summed E-state index contributed by atoms with van der Waals surface area (Å²) < 4.78 is 0. The van der Waals surface area contributed by atoms with Gasteiger partial charge in [0, 0.05) is 19.6 Å². The highest BCUT2D eigenvalue weighted by Crippen LogP contribution is 2.29. The van der Waals surface area contributed by atoms with Crippen LogP contribution in [0.2, 0.25) is 0 Å². The quantitative estimate of drug-likeness (QED) is 0.781. The number of nitrogens with two attached hydrogens (primary N) is 1. The van der Waals surface area contributed by atoms with E-state index in [1.54, 1.807) is 0 Å². The SMILES string of the molecule is CC1CCCN(c2ncc(C(N)=O)nn2)[C@@H]1N1CCNC1=O. The Labute approximate surface area is 127 Å². The van der Waals surface area contributed by atoms with E-state index in [9.17, 15) is 9.59 Å². The van der Waals surface area contributed by atoms with Gasteiger partial charge in [0.2, 0.25) is 5.95 Å². The monoisotopic (exact) mass is 305 g/mol. The van der Waals surface area contributed by atoms with Crippen LogP contribution in [0.5, 0.6) is 0 Å². The number of primary amides is 1. The Kier molecular flexibility index (Phi) is 3.78. The van der Waals surface area contributed by atoms with Crippen LogP contribution < -0.4 is 16.0 Å². The Bertz CT molecular complexity index is 576. The number of urea groups is 1. The van der Waals surface area contributed by atoms with Crippen LogP contribution >= 0.6 is 0 Å². The minimum absolute atomic E-state index is 0.0317. The van der Waals surface area contributed by atoms with Crippen molar-refractivity contribution in [3.8, 4) is 0 Å². The van der Waals surface area contributed by atoms with Gasteiger partial charge < -0.3 is 20.9 Å². The molecule has 2 atom stereocenters. The molecule has 0 aromatic carbocycles. The minimum Gasteiger partial charge on any atom is -0.364 e. The lowest BCUT2D eigenvalue weighted by Gasteiger charge is -2.43. The van der Waals surface area contributed by atoms with Gasteiger partial charge in [0.05, 0.1) is 6.20 Å². The number of hydrogen-bond donors (Lipinski definition) is 2. The number of rotatable bonds is 3. The van der Waals surface area contributed by atoms with Crippen molar-refractivity contribution < 1.29 is 9.59 Å². The fourth-order valence-electron chi connectivity index (χ4n) is 3.12. The van der Waals surface area contributed by atoms with Gasteiger partial charge in [0.15, 0.2) is 5.69 Å². The van der Waals surface area contributed by atoms with E-state index in [0.29, 0.717) is 25.0 Å². The highest BCUT2D eigenvalue weighted by molar-refractivity contribution is 5.90. The van der Waals surface area contributed by atoms with Crippen LogP contribution in [0.1, 0.15) is 30.3 Å². The van der Waals surface area contributed by atoms with Crippen LogP contribution in [0.4, 0.5) is 10.7 Å². The molecule has 1 aromatic rings. The third-order valence-corrected chi connectivity index (χ3v) is 4.15. The van der Waals surface area contributed by atoms with Gasteiger partial charge in [-0.2, -0.15) is 0 Å². The van der Waals surface area contributed by atoms with Crippen molar-refractivity contribution in [2.75, 3.05) is 24.5 Å². The van der Waals surface area contributed by atoms with Crippen molar-refractivity contribution in [1.29, 1.82) is 0 Å². The van der Waals surface area contributed by atoms with Gasteiger partial charge in [0.1, 0.15) is 6.17 Å². The second-order valence-corrected chi connectivity index (χ2v) is 5.66. The van der Waals surface area contributed by atoms with Crippen molar-refractivity contribution in [2.45, 2.75) is 25.9 Å². The van der Waals surface area contributed by atoms with Crippen molar-refractivity contribution in [2.24, 2.45) is 11.7 Å². The summed E-state index contributed by atoms with van der Waals surface area (Å²) in [5.74, 6) is 0.0623. The zero-order valence-corrected chi connectivity index (χ0v) is 12.4. The van der Waals surface area contributed by atoms with Crippen molar-refractivity contribution in [3.63, 3.8) is 0 Å². The first-order valence-corrected chi connectivity index (χ1v) is 7.38. The lowest BCUT2D eigenvalue weighted by atomic mass is 9.95. The lowest BCUT2D eigenvalue weighted by Crippen LogP contribution is -2.56. The molecule has 3 heterocycles. The number of amides is 3. The summed E-state index contributed by atoms with van der Waals surface area (Å²) >= 11 is 0. The molecule has 22 heavy (non-hydrogen) atoms. The number of piperidine rings is 1. The van der Waals surface area contributed by atoms with Gasteiger partial charge in [-0.1, -0.05) is 6.92 Å². The molecule has 2 saturated heterocycles. The third-order valence-electron chi connectivity index (χ3n) is 4.15. The molecule has 3 amide bonds. The van der Waals surface area contributed by atoms with E-state index in [2.05, 4.69) is 27.4 Å². The van der Waals surface area contributed by atoms with Gasteiger partial charge in [-0.3, -0.25) is 4.79 Å². The summed E-state index contributed by atoms with van der Waals surface area (Å²) in [6, 6.07) is -0.0644. The number of hydrogen-bond acceptors (Lipinski definition) is 6. The van der Waals surface area contributed by atoms with E-state index in [1.165, 1.54) is 6.20 Å². The number of carbonyl (C=O) groups excluding carboxylic acids is 2. The molecule has 2 fully saturated rings. The van der Waals surface area contributed by atoms with Crippen LogP contribution in [-0.2, 0) is 0 Å². The van der Waals surface area contributed by atoms with Crippen LogP contribution in [0.25, 0.3) is 0 Å². The summed E-state index contributed by atoms with van der Waals surface area (Å²) in [5, 5.41) is 10.6. The van der Waals surface area contributed by atoms with E-state index in [1.807, 2.05) is 9.80 Å². The minimum atomic E-state index is -0.658. The Morgan fingerprint density at radius 2 is 2.18 bits per heavy atom. The molecule has 0 radical (unpaired) electrons. The summed E-state index contributed by atoms with van der Waals surface area (Å²) in [6.45, 7) is 4.18. The van der Waals surface area contributed by atoms with E-state index < -0.39 is 5.91 Å². The molecule has 0 saturated carbocycles. The molecule has 1 unspecified atom stereocenters. The Hall–Kier alpha value is -2.45. The summed E-state index contributed by atoms with van der Waals surface area (Å²) in [5.41, 5.74) is 5.18. The van der Waals surface area contributed by atoms with Crippen molar-refractivity contribution in [1.82, 2.24) is 25.4 Å². The maximum absolute atomic E-state index is 12.0. The van der Waals surface area contributed by atoms with E-state index >= 15 is 0 Å². The van der Waals surface area contributed by atoms with Crippen LogP contribution in [-0.4, -0.2) is 57.8 Å². The predicted molar refractivity (Wildman–Crippen MR) is 78.0 cm³/mol. The largest absolute Gasteiger partial charge is 0.364 e. The molecule has 0 aliphatic carbocycles. The summed E-state index contributed by atoms with van der Waals surface area (Å²) in [6.07, 6.45) is 3.26. The van der Waals surface area contributed by atoms with E-state index in [-0.39, 0.29) is 17.9 Å². The molecule has 9 heteroatoms. The van der Waals surface area contributed by atoms with Crippen LogP contribution in [0.15, 0.2) is 6.20 Å². The van der Waals surface area contributed by atoms with Gasteiger partial charge >= 0.3 is 6.03 Å². The molecule has 0 bridgehead atoms. The molecule has 9 nitrogen and oxygen atoms in total. The van der Waals surface area contributed by atoms with Gasteiger partial charge in [0.25, 0.3) is 5.91 Å². The summed E-state index contributed by atoms with van der Waals surface area (Å²) in [4.78, 5) is 31.1. The highest BCUT2D eigenvalue weighted by Gasteiger charge is 2.39. The van der Waals surface area contributed by atoms with Crippen LogP contribution in [0.3, 0.4) is 0 Å². The average Bonchev–Trinajstić information content (AvgIpc) is 2.93. The first-order valence-electron chi connectivity index (χ1n) is 7.38. The molecule has 2 aliphatic rings. The lowest BCUT2D eigenvalue weighted by molar-refractivity contribution is 0.0994. The first-order chi connectivity index (χ1) is 10.6. The number of anilines is 1. The van der Waals surface area contributed by atoms with Crippen molar-refractivity contribution >= 4 is 17.9 Å². The third kappa shape index (κ3) is 2.53. The Morgan fingerprint density at radius 1 is 1.36 bits per heavy atom. The average molecular weight is 305 g/mol. The fraction of sp³-hybridized carbons (Fsp3) is 0.615. The number of nitrogens with one attached hydrogen (secondary N) is 1. The topological polar surface area (TPSA) is 117 Å². The zero-order valence-electron chi connectivity index (χ0n) is 12.4. The van der Waals surface area contributed by atoms with E-state index in [0.717, 1.165) is 19.4 Å². The maximum atomic E-state index is 12.0. The zero-order chi connectivity index (χ0) is 15.7. The number of nitrogens with zero attached hydrogens (tertiary/aromatic N) is 5.